The number of carbonyl (C=O) groups excluding carboxylic acids is 1. The number of hydrogen-bond acceptors (Lipinski definition) is 5. The van der Waals surface area contributed by atoms with Crippen LogP contribution in [0.25, 0.3) is 0 Å². The average molecular weight is 356 g/mol. The number of sulfonamides is 1. The van der Waals surface area contributed by atoms with Gasteiger partial charge in [-0.25, -0.2) is 13.6 Å². The second-order valence-corrected chi connectivity index (χ2v) is 6.96. The minimum atomic E-state index is -3.91. The minimum absolute atomic E-state index is 0.0771. The van der Waals surface area contributed by atoms with Gasteiger partial charge in [-0.1, -0.05) is 11.6 Å². The summed E-state index contributed by atoms with van der Waals surface area (Å²) >= 11 is 0. The lowest BCUT2D eigenvalue weighted by atomic mass is 10.1. The van der Waals surface area contributed by atoms with E-state index >= 15 is 0 Å². The molecule has 1 rings (SSSR count). The molecule has 0 radical (unpaired) electrons. The number of primary sulfonamides is 1. The van der Waals surface area contributed by atoms with Crippen LogP contribution in [0.3, 0.4) is 0 Å². The Hall–Kier alpha value is -1.90. The first-order valence-electron chi connectivity index (χ1n) is 7.44. The summed E-state index contributed by atoms with van der Waals surface area (Å²) in [6.45, 7) is 4.61. The van der Waals surface area contributed by atoms with Crippen molar-refractivity contribution < 1.29 is 22.7 Å². The molecule has 0 aromatic heterocycles. The summed E-state index contributed by atoms with van der Waals surface area (Å²) in [6.07, 6.45) is 1.98. The molecule has 0 aliphatic carbocycles. The maximum absolute atomic E-state index is 11.7. The van der Waals surface area contributed by atoms with Crippen LogP contribution < -0.4 is 15.2 Å². The van der Waals surface area contributed by atoms with Gasteiger partial charge in [0.1, 0.15) is 17.3 Å². The SMILES string of the molecule is COCCOc1ccc(CCNC(=O)C=C(C)C)cc1S(N)(=O)=O. The number of carbonyl (C=O) groups is 1. The standard InChI is InChI=1S/C16H24N2O5S/c1-12(2)10-16(19)18-7-6-13-4-5-14(23-9-8-22-3)15(11-13)24(17,20)21/h4-5,10-11H,6-9H2,1-3H3,(H,18,19)(H2,17,20,21). The molecule has 0 atom stereocenters. The quantitative estimate of drug-likeness (QED) is 0.507. The van der Waals surface area contributed by atoms with Crippen molar-refractivity contribution in [1.82, 2.24) is 5.32 Å². The Kier molecular flexibility index (Phi) is 7.90. The number of ether oxygens (including phenoxy) is 2. The maximum atomic E-state index is 11.7. The van der Waals surface area contributed by atoms with Crippen molar-refractivity contribution in [3.8, 4) is 5.75 Å². The van der Waals surface area contributed by atoms with Gasteiger partial charge in [0, 0.05) is 19.7 Å². The molecule has 0 aliphatic rings. The van der Waals surface area contributed by atoms with E-state index in [1.807, 2.05) is 13.8 Å². The largest absolute Gasteiger partial charge is 0.490 e. The van der Waals surface area contributed by atoms with Crippen molar-refractivity contribution >= 4 is 15.9 Å². The van der Waals surface area contributed by atoms with Crippen LogP contribution in [-0.4, -0.2) is 41.2 Å². The van der Waals surface area contributed by atoms with Crippen molar-refractivity contribution in [3.05, 3.63) is 35.4 Å². The number of methoxy groups -OCH3 is 1. The molecule has 8 heteroatoms. The van der Waals surface area contributed by atoms with Crippen LogP contribution >= 0.6 is 0 Å². The zero-order valence-corrected chi connectivity index (χ0v) is 15.0. The van der Waals surface area contributed by atoms with Crippen molar-refractivity contribution in [3.63, 3.8) is 0 Å². The monoisotopic (exact) mass is 356 g/mol. The van der Waals surface area contributed by atoms with E-state index in [0.717, 1.165) is 11.1 Å². The van der Waals surface area contributed by atoms with Crippen LogP contribution in [-0.2, 0) is 26.0 Å². The van der Waals surface area contributed by atoms with Crippen LogP contribution in [0.15, 0.2) is 34.7 Å². The van der Waals surface area contributed by atoms with E-state index in [4.69, 9.17) is 14.6 Å². The van der Waals surface area contributed by atoms with Gasteiger partial charge in [0.15, 0.2) is 0 Å². The molecule has 0 unspecified atom stereocenters. The number of hydrogen-bond donors (Lipinski definition) is 2. The predicted molar refractivity (Wildman–Crippen MR) is 91.3 cm³/mol. The third kappa shape index (κ3) is 7.12. The highest BCUT2D eigenvalue weighted by Gasteiger charge is 2.16. The summed E-state index contributed by atoms with van der Waals surface area (Å²) in [4.78, 5) is 11.5. The Morgan fingerprint density at radius 1 is 1.29 bits per heavy atom. The van der Waals surface area contributed by atoms with Gasteiger partial charge in [-0.2, -0.15) is 0 Å². The number of amides is 1. The van der Waals surface area contributed by atoms with Crippen LogP contribution in [0.2, 0.25) is 0 Å². The smallest absolute Gasteiger partial charge is 0.243 e. The minimum Gasteiger partial charge on any atom is -0.490 e. The summed E-state index contributed by atoms with van der Waals surface area (Å²) < 4.78 is 33.7. The zero-order valence-electron chi connectivity index (χ0n) is 14.2. The van der Waals surface area contributed by atoms with Gasteiger partial charge in [0.2, 0.25) is 15.9 Å². The zero-order chi connectivity index (χ0) is 18.2. The fraction of sp³-hybridized carbons (Fsp3) is 0.438. The van der Waals surface area contributed by atoms with Crippen molar-refractivity contribution in [2.45, 2.75) is 25.2 Å². The van der Waals surface area contributed by atoms with E-state index in [1.54, 1.807) is 12.1 Å². The van der Waals surface area contributed by atoms with Gasteiger partial charge >= 0.3 is 0 Å². The lowest BCUT2D eigenvalue weighted by Crippen LogP contribution is -2.24. The molecule has 0 spiro atoms. The molecule has 0 saturated heterocycles. The number of nitrogens with two attached hydrogens (primary N) is 1. The summed E-state index contributed by atoms with van der Waals surface area (Å²) in [6, 6.07) is 4.76. The van der Waals surface area contributed by atoms with E-state index in [1.165, 1.54) is 19.3 Å². The first-order chi connectivity index (χ1) is 11.2. The highest BCUT2D eigenvalue weighted by molar-refractivity contribution is 7.89. The van der Waals surface area contributed by atoms with Crippen LogP contribution in [0, 0.1) is 0 Å². The van der Waals surface area contributed by atoms with Gasteiger partial charge in [-0.15, -0.1) is 0 Å². The molecule has 134 valence electrons. The molecule has 0 saturated carbocycles. The lowest BCUT2D eigenvalue weighted by molar-refractivity contribution is -0.116. The van der Waals surface area contributed by atoms with Gasteiger partial charge in [-0.3, -0.25) is 4.79 Å². The highest BCUT2D eigenvalue weighted by atomic mass is 32.2. The predicted octanol–water partition coefficient (Wildman–Crippen LogP) is 0.984. The molecule has 0 aliphatic heterocycles. The van der Waals surface area contributed by atoms with Crippen LogP contribution in [0.5, 0.6) is 5.75 Å². The maximum Gasteiger partial charge on any atom is 0.243 e. The topological polar surface area (TPSA) is 108 Å². The lowest BCUT2D eigenvalue weighted by Gasteiger charge is -2.12. The Labute approximate surface area is 142 Å². The molecule has 1 aromatic rings. The van der Waals surface area contributed by atoms with Gasteiger partial charge < -0.3 is 14.8 Å². The first kappa shape index (κ1) is 20.1. The van der Waals surface area contributed by atoms with Crippen LogP contribution in [0.4, 0.5) is 0 Å². The van der Waals surface area contributed by atoms with Crippen LogP contribution in [0.1, 0.15) is 19.4 Å². The van der Waals surface area contributed by atoms with Crippen molar-refractivity contribution in [2.75, 3.05) is 26.9 Å². The molecule has 1 aromatic carbocycles. The molecule has 24 heavy (non-hydrogen) atoms. The van der Waals surface area contributed by atoms with E-state index in [9.17, 15) is 13.2 Å². The van der Waals surface area contributed by atoms with Gasteiger partial charge in [0.05, 0.1) is 6.61 Å². The highest BCUT2D eigenvalue weighted by Crippen LogP contribution is 2.24. The van der Waals surface area contributed by atoms with E-state index in [2.05, 4.69) is 5.32 Å². The number of nitrogens with one attached hydrogen (secondary N) is 1. The molecule has 0 bridgehead atoms. The number of rotatable bonds is 9. The Morgan fingerprint density at radius 3 is 2.58 bits per heavy atom. The van der Waals surface area contributed by atoms with Gasteiger partial charge in [-0.05, 0) is 38.0 Å². The fourth-order valence-corrected chi connectivity index (χ4v) is 2.65. The Morgan fingerprint density at radius 2 is 2.00 bits per heavy atom. The summed E-state index contributed by atoms with van der Waals surface area (Å²) in [5, 5.41) is 7.98. The molecule has 0 heterocycles. The Balaban J connectivity index is 2.80. The Bertz CT molecular complexity index is 694. The van der Waals surface area contributed by atoms with Crippen molar-refractivity contribution in [2.24, 2.45) is 5.14 Å². The second-order valence-electron chi connectivity index (χ2n) is 5.43. The number of benzene rings is 1. The molecular weight excluding hydrogens is 332 g/mol. The molecule has 1 amide bonds. The average Bonchev–Trinajstić information content (AvgIpc) is 2.46. The van der Waals surface area contributed by atoms with Gasteiger partial charge in [0.25, 0.3) is 0 Å². The molecular formula is C16H24N2O5S. The second kappa shape index (κ2) is 9.41. The fourth-order valence-electron chi connectivity index (χ4n) is 1.93. The first-order valence-corrected chi connectivity index (χ1v) is 8.99. The van der Waals surface area contributed by atoms with Crippen molar-refractivity contribution in [1.29, 1.82) is 0 Å². The van der Waals surface area contributed by atoms with E-state index in [0.29, 0.717) is 19.6 Å². The summed E-state index contributed by atoms with van der Waals surface area (Å²) in [5.74, 6) is 0.00747. The molecule has 3 N–H and O–H groups in total. The van der Waals surface area contributed by atoms with E-state index < -0.39 is 10.0 Å². The number of allylic oxidation sites excluding steroid dienone is 1. The third-order valence-corrected chi connectivity index (χ3v) is 3.92. The third-order valence-electron chi connectivity index (χ3n) is 2.99. The normalized spacial score (nSPS) is 11.0. The van der Waals surface area contributed by atoms with E-state index in [-0.39, 0.29) is 23.2 Å². The summed E-state index contributed by atoms with van der Waals surface area (Å²) in [7, 11) is -2.39. The molecule has 0 fully saturated rings. The summed E-state index contributed by atoms with van der Waals surface area (Å²) in [5.41, 5.74) is 1.64. The molecule has 7 nitrogen and oxygen atoms in total.